The van der Waals surface area contributed by atoms with Crippen LogP contribution in [-0.2, 0) is 12.3 Å². The number of thiophene rings is 2. The van der Waals surface area contributed by atoms with Crippen LogP contribution in [0, 0.1) is 0 Å². The van der Waals surface area contributed by atoms with Crippen LogP contribution in [0.2, 0.25) is 5.02 Å². The van der Waals surface area contributed by atoms with Gasteiger partial charge in [-0.2, -0.15) is 4.98 Å². The Bertz CT molecular complexity index is 1250. The topological polar surface area (TPSA) is 69.6 Å². The van der Waals surface area contributed by atoms with E-state index in [1.165, 1.54) is 16.6 Å². The molecule has 0 bridgehead atoms. The smallest absolute Gasteiger partial charge is 0.258 e. The van der Waals surface area contributed by atoms with Crippen molar-refractivity contribution in [1.29, 1.82) is 0 Å². The van der Waals surface area contributed by atoms with Gasteiger partial charge in [0.25, 0.3) is 5.89 Å². The molecule has 30 heavy (non-hydrogen) atoms. The minimum atomic E-state index is 0.451. The first kappa shape index (κ1) is 19.5. The fraction of sp³-hybridized carbons (Fsp3) is 0.100. The van der Waals surface area contributed by atoms with E-state index < -0.39 is 0 Å². The van der Waals surface area contributed by atoms with Gasteiger partial charge in [0.15, 0.2) is 16.8 Å². The monoisotopic (exact) mass is 471 g/mol. The Morgan fingerprint density at radius 2 is 1.93 bits per heavy atom. The van der Waals surface area contributed by atoms with E-state index in [-0.39, 0.29) is 0 Å². The lowest BCUT2D eigenvalue weighted by molar-refractivity contribution is 0.425. The predicted octanol–water partition coefficient (Wildman–Crippen LogP) is 6.11. The highest BCUT2D eigenvalue weighted by Crippen LogP contribution is 2.30. The molecule has 0 atom stereocenters. The maximum atomic E-state index is 6.05. The number of benzene rings is 1. The number of nitrogens with zero attached hydrogens (tertiary/aromatic N) is 5. The van der Waals surface area contributed by atoms with E-state index in [0.29, 0.717) is 22.5 Å². The van der Waals surface area contributed by atoms with E-state index in [0.717, 1.165) is 28.0 Å². The summed E-state index contributed by atoms with van der Waals surface area (Å²) < 4.78 is 7.54. The second-order valence-electron chi connectivity index (χ2n) is 6.26. The first-order valence-corrected chi connectivity index (χ1v) is 12.1. The Morgan fingerprint density at radius 1 is 1.03 bits per heavy atom. The summed E-state index contributed by atoms with van der Waals surface area (Å²) in [6.45, 7) is 0.722. The minimum absolute atomic E-state index is 0.451. The molecular weight excluding hydrogens is 458 g/mol. The highest BCUT2D eigenvalue weighted by Gasteiger charge is 2.17. The summed E-state index contributed by atoms with van der Waals surface area (Å²) in [5.41, 5.74) is 0.798. The van der Waals surface area contributed by atoms with Crippen molar-refractivity contribution in [2.45, 2.75) is 17.5 Å². The zero-order valence-electron chi connectivity index (χ0n) is 15.4. The van der Waals surface area contributed by atoms with Crippen LogP contribution in [-0.4, -0.2) is 24.9 Å². The minimum Gasteiger partial charge on any atom is -0.334 e. The van der Waals surface area contributed by atoms with Crippen LogP contribution in [0.4, 0.5) is 0 Å². The molecule has 0 saturated carbocycles. The van der Waals surface area contributed by atoms with Gasteiger partial charge in [0.2, 0.25) is 0 Å². The van der Waals surface area contributed by atoms with Crippen LogP contribution in [0.3, 0.4) is 0 Å². The highest BCUT2D eigenvalue weighted by molar-refractivity contribution is 7.98. The van der Waals surface area contributed by atoms with Gasteiger partial charge >= 0.3 is 0 Å². The Kier molecular flexibility index (Phi) is 5.67. The largest absolute Gasteiger partial charge is 0.334 e. The number of aromatic nitrogens is 5. The van der Waals surface area contributed by atoms with Gasteiger partial charge < -0.3 is 4.52 Å². The van der Waals surface area contributed by atoms with E-state index in [4.69, 9.17) is 16.1 Å². The molecule has 6 nitrogen and oxygen atoms in total. The molecule has 4 heterocycles. The molecule has 5 aromatic rings. The van der Waals surface area contributed by atoms with E-state index >= 15 is 0 Å². The highest BCUT2D eigenvalue weighted by atomic mass is 35.5. The van der Waals surface area contributed by atoms with Gasteiger partial charge in [-0.05, 0) is 41.1 Å². The molecule has 0 amide bonds. The van der Waals surface area contributed by atoms with E-state index in [9.17, 15) is 0 Å². The molecule has 0 aliphatic carbocycles. The van der Waals surface area contributed by atoms with Crippen molar-refractivity contribution in [3.8, 4) is 22.2 Å². The fourth-order valence-electron chi connectivity index (χ4n) is 2.86. The van der Waals surface area contributed by atoms with Crippen LogP contribution < -0.4 is 0 Å². The van der Waals surface area contributed by atoms with Crippen LogP contribution >= 0.6 is 46.0 Å². The van der Waals surface area contributed by atoms with Gasteiger partial charge in [-0.3, -0.25) is 4.57 Å². The molecule has 0 aliphatic rings. The average Bonchev–Trinajstić information content (AvgIpc) is 3.54. The molecule has 5 rings (SSSR count). The third kappa shape index (κ3) is 4.20. The molecule has 1 aromatic carbocycles. The molecule has 0 fully saturated rings. The summed E-state index contributed by atoms with van der Waals surface area (Å²) in [4.78, 5) is 6.83. The molecule has 0 N–H and O–H groups in total. The van der Waals surface area contributed by atoms with Crippen LogP contribution in [0.1, 0.15) is 10.7 Å². The number of hydrogen-bond donors (Lipinski definition) is 0. The van der Waals surface area contributed by atoms with Crippen LogP contribution in [0.15, 0.2) is 69.0 Å². The summed E-state index contributed by atoms with van der Waals surface area (Å²) in [7, 11) is 0. The van der Waals surface area contributed by atoms with E-state index in [1.54, 1.807) is 28.7 Å². The van der Waals surface area contributed by atoms with Crippen molar-refractivity contribution in [3.05, 3.63) is 75.0 Å². The van der Waals surface area contributed by atoms with Crippen molar-refractivity contribution in [1.82, 2.24) is 24.9 Å². The third-order valence-electron chi connectivity index (χ3n) is 4.22. The van der Waals surface area contributed by atoms with E-state index in [2.05, 4.69) is 48.5 Å². The molecule has 150 valence electrons. The lowest BCUT2D eigenvalue weighted by Gasteiger charge is -2.07. The van der Waals surface area contributed by atoms with Gasteiger partial charge in [0.05, 0.1) is 17.2 Å². The van der Waals surface area contributed by atoms with Gasteiger partial charge in [-0.25, -0.2) is 0 Å². The van der Waals surface area contributed by atoms with Gasteiger partial charge in [-0.15, -0.1) is 32.9 Å². The molecule has 0 spiro atoms. The SMILES string of the molecule is Clc1cccc(-c2nc(CSc3nnc(-c4cccs4)n3Cc3cccs3)no2)c1. The molecule has 0 radical (unpaired) electrons. The lowest BCUT2D eigenvalue weighted by atomic mass is 10.2. The summed E-state index contributed by atoms with van der Waals surface area (Å²) in [5.74, 6) is 2.44. The lowest BCUT2D eigenvalue weighted by Crippen LogP contribution is -2.02. The molecule has 4 aromatic heterocycles. The summed E-state index contributed by atoms with van der Waals surface area (Å²) >= 11 is 11.0. The Balaban J connectivity index is 1.37. The second kappa shape index (κ2) is 8.73. The van der Waals surface area contributed by atoms with Gasteiger partial charge in [-0.1, -0.05) is 46.7 Å². The average molecular weight is 472 g/mol. The van der Waals surface area contributed by atoms with Crippen LogP contribution in [0.25, 0.3) is 22.2 Å². The van der Waals surface area contributed by atoms with Crippen molar-refractivity contribution in [2.24, 2.45) is 0 Å². The first-order valence-electron chi connectivity index (χ1n) is 8.97. The number of rotatable bonds is 7. The fourth-order valence-corrected chi connectivity index (χ4v) is 5.25. The summed E-state index contributed by atoms with van der Waals surface area (Å²) in [6, 6.07) is 15.6. The maximum absolute atomic E-state index is 6.05. The zero-order chi connectivity index (χ0) is 20.3. The van der Waals surface area contributed by atoms with Crippen molar-refractivity contribution >= 4 is 46.0 Å². The molecule has 0 unspecified atom stereocenters. The standard InChI is InChI=1S/C20H14ClN5OS3/c21-14-5-1-4-13(10-14)19-22-17(25-27-19)12-30-20-24-23-18(16-7-3-9-29-16)26(20)11-15-6-2-8-28-15/h1-10H,11-12H2. The summed E-state index contributed by atoms with van der Waals surface area (Å²) in [6.07, 6.45) is 0. The Hall–Kier alpha value is -2.46. The third-order valence-corrected chi connectivity index (χ3v) is 7.15. The van der Waals surface area contributed by atoms with Crippen LogP contribution in [0.5, 0.6) is 0 Å². The first-order chi connectivity index (χ1) is 14.8. The normalized spacial score (nSPS) is 11.2. The Morgan fingerprint density at radius 3 is 2.73 bits per heavy atom. The maximum Gasteiger partial charge on any atom is 0.258 e. The molecular formula is C20H14ClN5OS3. The molecule has 10 heteroatoms. The molecule has 0 saturated heterocycles. The predicted molar refractivity (Wildman–Crippen MR) is 121 cm³/mol. The van der Waals surface area contributed by atoms with Crippen molar-refractivity contribution < 1.29 is 4.52 Å². The van der Waals surface area contributed by atoms with Crippen molar-refractivity contribution in [3.63, 3.8) is 0 Å². The number of hydrogen-bond acceptors (Lipinski definition) is 8. The second-order valence-corrected chi connectivity index (χ2v) is 9.62. The van der Waals surface area contributed by atoms with Gasteiger partial charge in [0, 0.05) is 15.5 Å². The van der Waals surface area contributed by atoms with Gasteiger partial charge in [0.1, 0.15) is 0 Å². The zero-order valence-corrected chi connectivity index (χ0v) is 18.6. The number of thioether (sulfide) groups is 1. The quantitative estimate of drug-likeness (QED) is 0.266. The number of halogens is 1. The Labute approximate surface area is 189 Å². The molecule has 0 aliphatic heterocycles. The van der Waals surface area contributed by atoms with Crippen molar-refractivity contribution in [2.75, 3.05) is 0 Å². The van der Waals surface area contributed by atoms with E-state index in [1.807, 2.05) is 29.6 Å². The summed E-state index contributed by atoms with van der Waals surface area (Å²) in [5, 5.41) is 18.5.